The van der Waals surface area contributed by atoms with Crippen LogP contribution in [0, 0.1) is 0 Å². The van der Waals surface area contributed by atoms with Gasteiger partial charge in [-0.25, -0.2) is 0 Å². The van der Waals surface area contributed by atoms with Gasteiger partial charge in [0.05, 0.1) is 24.7 Å². The molecular weight excluding hydrogens is 516 g/mol. The molecule has 2 aliphatic heterocycles. The number of carbonyl (C=O) groups excluding carboxylic acids is 1. The molecule has 0 aromatic heterocycles. The fraction of sp³-hybridized carbons (Fsp3) is 0.441. The maximum Gasteiger partial charge on any atom is 0.234 e. The lowest BCUT2D eigenvalue weighted by molar-refractivity contribution is -0.165. The number of benzene rings is 3. The molecule has 3 aromatic carbocycles. The molecule has 2 saturated heterocycles. The van der Waals surface area contributed by atoms with Gasteiger partial charge in [-0.1, -0.05) is 72.8 Å². The van der Waals surface area contributed by atoms with Gasteiger partial charge in [0.1, 0.15) is 12.4 Å². The Kier molecular flexibility index (Phi) is 10.4. The van der Waals surface area contributed by atoms with Crippen LogP contribution in [-0.2, 0) is 14.3 Å². The van der Waals surface area contributed by atoms with Crippen molar-refractivity contribution in [3.05, 3.63) is 102 Å². The first-order chi connectivity index (χ1) is 20.1. The minimum Gasteiger partial charge on any atom is -0.491 e. The van der Waals surface area contributed by atoms with Gasteiger partial charge in [-0.2, -0.15) is 0 Å². The normalized spacial score (nSPS) is 20.2. The van der Waals surface area contributed by atoms with E-state index >= 15 is 0 Å². The SMILES string of the molecule is CN(C(=O)C(c1ccccc1)c1ccccc1)C(CN1CCC(O)C1)c1ccc(OCCOC2CCCCO2)cc1. The van der Waals surface area contributed by atoms with Gasteiger partial charge in [-0.05, 0) is 54.5 Å². The average molecular weight is 559 g/mol. The Morgan fingerprint density at radius 3 is 2.20 bits per heavy atom. The summed E-state index contributed by atoms with van der Waals surface area (Å²) in [5, 5.41) is 10.2. The number of carbonyl (C=O) groups is 1. The number of aliphatic hydroxyl groups excluding tert-OH is 1. The Labute approximate surface area is 243 Å². The van der Waals surface area contributed by atoms with E-state index in [0.29, 0.717) is 26.3 Å². The third-order valence-corrected chi connectivity index (χ3v) is 8.07. The summed E-state index contributed by atoms with van der Waals surface area (Å²) < 4.78 is 17.3. The fourth-order valence-electron chi connectivity index (χ4n) is 5.77. The second-order valence-electron chi connectivity index (χ2n) is 11.0. The summed E-state index contributed by atoms with van der Waals surface area (Å²) in [6, 6.07) is 27.8. The Balaban J connectivity index is 1.31. The first kappa shape index (κ1) is 29.3. The molecule has 3 atom stereocenters. The minimum absolute atomic E-state index is 0.0366. The zero-order valence-corrected chi connectivity index (χ0v) is 23.9. The molecule has 1 amide bonds. The number of likely N-dealkylation sites (N-methyl/N-ethyl adjacent to an activating group) is 1. The fourth-order valence-corrected chi connectivity index (χ4v) is 5.77. The molecule has 2 fully saturated rings. The predicted molar refractivity (Wildman–Crippen MR) is 159 cm³/mol. The van der Waals surface area contributed by atoms with Crippen LogP contribution in [0.25, 0.3) is 0 Å². The van der Waals surface area contributed by atoms with E-state index in [0.717, 1.165) is 61.3 Å². The first-order valence-corrected chi connectivity index (χ1v) is 14.8. The quantitative estimate of drug-likeness (QED) is 0.315. The van der Waals surface area contributed by atoms with Crippen molar-refractivity contribution >= 4 is 5.91 Å². The van der Waals surface area contributed by atoms with Gasteiger partial charge in [0.25, 0.3) is 0 Å². The molecule has 3 unspecified atom stereocenters. The lowest BCUT2D eigenvalue weighted by atomic mass is 9.89. The van der Waals surface area contributed by atoms with E-state index in [9.17, 15) is 9.90 Å². The highest BCUT2D eigenvalue weighted by Crippen LogP contribution is 2.32. The van der Waals surface area contributed by atoms with E-state index in [2.05, 4.69) is 4.90 Å². The van der Waals surface area contributed by atoms with Gasteiger partial charge in [-0.3, -0.25) is 9.69 Å². The van der Waals surface area contributed by atoms with Crippen LogP contribution in [0.2, 0.25) is 0 Å². The maximum atomic E-state index is 14.3. The number of hydrogen-bond donors (Lipinski definition) is 1. The summed E-state index contributed by atoms with van der Waals surface area (Å²) in [4.78, 5) is 18.4. The van der Waals surface area contributed by atoms with Crippen molar-refractivity contribution in [3.8, 4) is 5.75 Å². The molecule has 1 N–H and O–H groups in total. The zero-order valence-electron chi connectivity index (χ0n) is 23.9. The summed E-state index contributed by atoms with van der Waals surface area (Å²) in [5.74, 6) is 0.386. The zero-order chi connectivity index (χ0) is 28.4. The molecule has 0 radical (unpaired) electrons. The van der Waals surface area contributed by atoms with Crippen molar-refractivity contribution in [3.63, 3.8) is 0 Å². The highest BCUT2D eigenvalue weighted by molar-refractivity contribution is 5.87. The Hall–Kier alpha value is -3.23. The van der Waals surface area contributed by atoms with Crippen molar-refractivity contribution in [2.45, 2.75) is 50.0 Å². The van der Waals surface area contributed by atoms with Crippen molar-refractivity contribution in [2.24, 2.45) is 0 Å². The molecule has 2 heterocycles. The Morgan fingerprint density at radius 2 is 1.61 bits per heavy atom. The first-order valence-electron chi connectivity index (χ1n) is 14.8. The smallest absolute Gasteiger partial charge is 0.234 e. The molecule has 0 bridgehead atoms. The van der Waals surface area contributed by atoms with Crippen LogP contribution in [0.3, 0.4) is 0 Å². The van der Waals surface area contributed by atoms with Crippen LogP contribution in [-0.4, -0.2) is 79.7 Å². The van der Waals surface area contributed by atoms with Crippen LogP contribution in [0.5, 0.6) is 5.75 Å². The molecular formula is C34H42N2O5. The third-order valence-electron chi connectivity index (χ3n) is 8.07. The molecule has 7 nitrogen and oxygen atoms in total. The standard InChI is InChI=1S/C34H42N2O5/c1-35(34(38)33(27-10-4-2-5-11-27)28-12-6-3-7-13-28)31(25-36-20-19-29(37)24-36)26-15-17-30(18-16-26)39-22-23-41-32-14-8-9-21-40-32/h2-7,10-13,15-18,29,31-33,37H,8-9,14,19-25H2,1H3. The largest absolute Gasteiger partial charge is 0.491 e. The molecule has 0 aliphatic carbocycles. The van der Waals surface area contributed by atoms with Crippen LogP contribution < -0.4 is 4.74 Å². The Bertz CT molecular complexity index is 1160. The van der Waals surface area contributed by atoms with Crippen molar-refractivity contribution in [2.75, 3.05) is 46.5 Å². The predicted octanol–water partition coefficient (Wildman–Crippen LogP) is 5.01. The van der Waals surface area contributed by atoms with E-state index in [1.165, 1.54) is 0 Å². The van der Waals surface area contributed by atoms with Crippen LogP contribution in [0.1, 0.15) is 54.3 Å². The highest BCUT2D eigenvalue weighted by atomic mass is 16.7. The Morgan fingerprint density at radius 1 is 0.927 bits per heavy atom. The molecule has 41 heavy (non-hydrogen) atoms. The van der Waals surface area contributed by atoms with E-state index in [1.54, 1.807) is 0 Å². The number of hydrogen-bond acceptors (Lipinski definition) is 6. The summed E-state index contributed by atoms with van der Waals surface area (Å²) in [6.07, 6.45) is 3.48. The number of amides is 1. The molecule has 5 rings (SSSR count). The second kappa shape index (κ2) is 14.6. The number of β-amino-alcohol motifs (C(OH)–C–C–N with tert-alkyl or cyclic N) is 1. The minimum atomic E-state index is -0.412. The van der Waals surface area contributed by atoms with Crippen molar-refractivity contribution in [1.29, 1.82) is 0 Å². The number of likely N-dealkylation sites (tertiary alicyclic amines) is 1. The lowest BCUT2D eigenvalue weighted by Crippen LogP contribution is -2.41. The van der Waals surface area contributed by atoms with Gasteiger partial charge in [0, 0.05) is 33.3 Å². The van der Waals surface area contributed by atoms with Crippen molar-refractivity contribution < 1.29 is 24.1 Å². The van der Waals surface area contributed by atoms with Crippen LogP contribution >= 0.6 is 0 Å². The summed E-state index contributed by atoms with van der Waals surface area (Å²) >= 11 is 0. The van der Waals surface area contributed by atoms with Crippen molar-refractivity contribution in [1.82, 2.24) is 9.80 Å². The van der Waals surface area contributed by atoms with E-state index in [4.69, 9.17) is 14.2 Å². The summed E-state index contributed by atoms with van der Waals surface area (Å²) in [6.45, 7) is 3.76. The lowest BCUT2D eigenvalue weighted by Gasteiger charge is -2.34. The van der Waals surface area contributed by atoms with E-state index in [-0.39, 0.29) is 24.3 Å². The van der Waals surface area contributed by atoms with Crippen LogP contribution in [0.15, 0.2) is 84.9 Å². The molecule has 7 heteroatoms. The number of ether oxygens (including phenoxy) is 3. The van der Waals surface area contributed by atoms with E-state index in [1.807, 2.05) is 96.9 Å². The van der Waals surface area contributed by atoms with Gasteiger partial charge < -0.3 is 24.2 Å². The third kappa shape index (κ3) is 7.95. The number of nitrogens with zero attached hydrogens (tertiary/aromatic N) is 2. The molecule has 0 spiro atoms. The second-order valence-corrected chi connectivity index (χ2v) is 11.0. The molecule has 2 aliphatic rings. The van der Waals surface area contributed by atoms with Gasteiger partial charge >= 0.3 is 0 Å². The van der Waals surface area contributed by atoms with Gasteiger partial charge in [0.2, 0.25) is 5.91 Å². The number of aliphatic hydroxyl groups is 1. The molecule has 3 aromatic rings. The summed E-state index contributed by atoms with van der Waals surface area (Å²) in [7, 11) is 1.90. The maximum absolute atomic E-state index is 14.3. The highest BCUT2D eigenvalue weighted by Gasteiger charge is 2.32. The number of rotatable bonds is 12. The summed E-state index contributed by atoms with van der Waals surface area (Å²) in [5.41, 5.74) is 2.97. The van der Waals surface area contributed by atoms with Gasteiger partial charge in [0.15, 0.2) is 6.29 Å². The molecule has 0 saturated carbocycles. The van der Waals surface area contributed by atoms with E-state index < -0.39 is 5.92 Å². The molecule has 218 valence electrons. The topological polar surface area (TPSA) is 71.5 Å². The van der Waals surface area contributed by atoms with Gasteiger partial charge in [-0.15, -0.1) is 0 Å². The average Bonchev–Trinajstić information content (AvgIpc) is 3.44. The monoisotopic (exact) mass is 558 g/mol. The van der Waals surface area contributed by atoms with Crippen LogP contribution in [0.4, 0.5) is 0 Å².